The van der Waals surface area contributed by atoms with Gasteiger partial charge in [-0.05, 0) is 61.8 Å². The lowest BCUT2D eigenvalue weighted by Crippen LogP contribution is -2.45. The fraction of sp³-hybridized carbons (Fsp3) is 0.414. The molecule has 1 aliphatic rings. The first-order chi connectivity index (χ1) is 17.3. The molecule has 1 unspecified atom stereocenters. The molecule has 0 saturated heterocycles. The van der Waals surface area contributed by atoms with E-state index in [9.17, 15) is 4.79 Å². The summed E-state index contributed by atoms with van der Waals surface area (Å²) in [5.74, 6) is 1.80. The largest absolute Gasteiger partial charge is 0.362 e. The van der Waals surface area contributed by atoms with Crippen LogP contribution in [0.2, 0.25) is 0 Å². The summed E-state index contributed by atoms with van der Waals surface area (Å²) in [7, 11) is 4.00. The number of nitrogens with one attached hydrogen (secondary N) is 3. The van der Waals surface area contributed by atoms with Crippen molar-refractivity contribution < 1.29 is 4.79 Å². The molecule has 2 amide bonds. The molecule has 0 spiro atoms. The highest BCUT2D eigenvalue weighted by molar-refractivity contribution is 5.90. The number of hydrogen-bond donors (Lipinski definition) is 3. The van der Waals surface area contributed by atoms with E-state index in [1.165, 1.54) is 5.56 Å². The van der Waals surface area contributed by atoms with E-state index in [-0.39, 0.29) is 18.0 Å². The minimum absolute atomic E-state index is 0.0946. The first kappa shape index (κ1) is 25.5. The van der Waals surface area contributed by atoms with Crippen molar-refractivity contribution in [1.29, 1.82) is 0 Å². The monoisotopic (exact) mass is 486 g/mol. The fourth-order valence-electron chi connectivity index (χ4n) is 4.74. The second kappa shape index (κ2) is 11.4. The van der Waals surface area contributed by atoms with Crippen LogP contribution in [0.15, 0.2) is 55.1 Å². The summed E-state index contributed by atoms with van der Waals surface area (Å²) >= 11 is 0. The van der Waals surface area contributed by atoms with Gasteiger partial charge in [0.2, 0.25) is 5.95 Å². The minimum atomic E-state index is -0.0946. The molecular weight excluding hydrogens is 448 g/mol. The van der Waals surface area contributed by atoms with Gasteiger partial charge >= 0.3 is 6.03 Å². The van der Waals surface area contributed by atoms with E-state index in [0.29, 0.717) is 18.5 Å². The summed E-state index contributed by atoms with van der Waals surface area (Å²) in [6, 6.07) is 16.8. The number of carbonyl (C=O) groups excluding carboxylic acids is 1. The summed E-state index contributed by atoms with van der Waals surface area (Å²) in [4.78, 5) is 24.1. The SMILES string of the molecule is C=C(C)c1cccc(C(C)CNC(=O)NC2CCC(Nc3nc(N(C)C)c4ccccc4n3)CC2)c1. The standard InChI is InChI=1S/C29H38N6O/c1-19(2)21-9-8-10-22(17-21)20(3)18-30-29(36)32-24-15-13-23(14-16-24)31-28-33-26-12-7-6-11-25(26)27(34-28)35(4)5/h6-12,17,20,23-24H,1,13-16,18H2,2-5H3,(H2,30,32,36)(H,31,33,34). The number of rotatable bonds is 8. The molecule has 0 aliphatic heterocycles. The first-order valence-corrected chi connectivity index (χ1v) is 12.8. The molecule has 3 N–H and O–H groups in total. The van der Waals surface area contributed by atoms with Crippen LogP contribution < -0.4 is 20.9 Å². The van der Waals surface area contributed by atoms with Crippen molar-refractivity contribution in [3.8, 4) is 0 Å². The molecule has 0 bridgehead atoms. The van der Waals surface area contributed by atoms with Gasteiger partial charge in [0.1, 0.15) is 5.82 Å². The Kier molecular flexibility index (Phi) is 8.08. The number of para-hydroxylation sites is 1. The molecule has 1 aromatic heterocycles. The third-order valence-electron chi connectivity index (χ3n) is 6.92. The number of carbonyl (C=O) groups is 1. The first-order valence-electron chi connectivity index (χ1n) is 12.8. The number of fused-ring (bicyclic) bond motifs is 1. The van der Waals surface area contributed by atoms with Gasteiger partial charge in [0, 0.05) is 38.1 Å². The molecule has 3 aromatic rings. The molecule has 1 aliphatic carbocycles. The van der Waals surface area contributed by atoms with Crippen LogP contribution in [0.5, 0.6) is 0 Å². The maximum atomic E-state index is 12.5. The zero-order chi connectivity index (χ0) is 25.7. The van der Waals surface area contributed by atoms with Gasteiger partial charge in [-0.15, -0.1) is 0 Å². The van der Waals surface area contributed by atoms with Gasteiger partial charge in [0.25, 0.3) is 0 Å². The molecule has 190 valence electrons. The van der Waals surface area contributed by atoms with Crippen LogP contribution in [0.1, 0.15) is 56.6 Å². The summed E-state index contributed by atoms with van der Waals surface area (Å²) in [5.41, 5.74) is 4.33. The van der Waals surface area contributed by atoms with Crippen LogP contribution >= 0.6 is 0 Å². The number of aromatic nitrogens is 2. The van der Waals surface area contributed by atoms with Crippen molar-refractivity contribution in [1.82, 2.24) is 20.6 Å². The predicted octanol–water partition coefficient (Wildman–Crippen LogP) is 5.55. The van der Waals surface area contributed by atoms with Crippen LogP contribution in [-0.4, -0.2) is 48.7 Å². The molecule has 7 nitrogen and oxygen atoms in total. The normalized spacial score (nSPS) is 18.3. The van der Waals surface area contributed by atoms with Gasteiger partial charge in [0.05, 0.1) is 5.52 Å². The third-order valence-corrected chi connectivity index (χ3v) is 6.92. The smallest absolute Gasteiger partial charge is 0.315 e. The molecule has 1 atom stereocenters. The summed E-state index contributed by atoms with van der Waals surface area (Å²) in [6.45, 7) is 8.76. The van der Waals surface area contributed by atoms with E-state index >= 15 is 0 Å². The van der Waals surface area contributed by atoms with Crippen molar-refractivity contribution in [2.45, 2.75) is 57.5 Å². The van der Waals surface area contributed by atoms with Crippen LogP contribution in [0, 0.1) is 0 Å². The van der Waals surface area contributed by atoms with Crippen molar-refractivity contribution in [2.24, 2.45) is 0 Å². The number of hydrogen-bond acceptors (Lipinski definition) is 5. The van der Waals surface area contributed by atoms with Crippen LogP contribution in [0.4, 0.5) is 16.6 Å². The lowest BCUT2D eigenvalue weighted by molar-refractivity contribution is 0.231. The second-order valence-corrected chi connectivity index (χ2v) is 10.1. The fourth-order valence-corrected chi connectivity index (χ4v) is 4.74. The molecular formula is C29H38N6O. The number of allylic oxidation sites excluding steroid dienone is 1. The predicted molar refractivity (Wildman–Crippen MR) is 150 cm³/mol. The quantitative estimate of drug-likeness (QED) is 0.389. The van der Waals surface area contributed by atoms with E-state index < -0.39 is 0 Å². The van der Waals surface area contributed by atoms with E-state index in [2.05, 4.69) is 53.7 Å². The number of amides is 2. The van der Waals surface area contributed by atoms with E-state index in [1.807, 2.05) is 50.2 Å². The van der Waals surface area contributed by atoms with Gasteiger partial charge in [-0.1, -0.05) is 55.5 Å². The van der Waals surface area contributed by atoms with Gasteiger partial charge in [-0.2, -0.15) is 4.98 Å². The van der Waals surface area contributed by atoms with E-state index in [4.69, 9.17) is 9.97 Å². The third kappa shape index (κ3) is 6.33. The van der Waals surface area contributed by atoms with E-state index in [1.54, 1.807) is 0 Å². The average molecular weight is 487 g/mol. The Morgan fingerprint density at radius 2 is 1.78 bits per heavy atom. The number of nitrogens with zero attached hydrogens (tertiary/aromatic N) is 3. The number of urea groups is 1. The molecule has 7 heteroatoms. The van der Waals surface area contributed by atoms with Gasteiger partial charge in [-0.25, -0.2) is 9.78 Å². The maximum absolute atomic E-state index is 12.5. The molecule has 1 fully saturated rings. The lowest BCUT2D eigenvalue weighted by atomic mass is 9.91. The summed E-state index contributed by atoms with van der Waals surface area (Å²) in [5, 5.41) is 10.8. The Morgan fingerprint density at radius 3 is 2.50 bits per heavy atom. The van der Waals surface area contributed by atoms with Gasteiger partial charge < -0.3 is 20.9 Å². The Morgan fingerprint density at radius 1 is 1.06 bits per heavy atom. The van der Waals surface area contributed by atoms with Crippen molar-refractivity contribution in [3.05, 3.63) is 66.2 Å². The van der Waals surface area contributed by atoms with Crippen molar-refractivity contribution in [3.63, 3.8) is 0 Å². The number of anilines is 2. The molecule has 1 heterocycles. The highest BCUT2D eigenvalue weighted by Gasteiger charge is 2.23. The Bertz CT molecular complexity index is 1220. The Hall–Kier alpha value is -3.61. The molecule has 4 rings (SSSR count). The van der Waals surface area contributed by atoms with Crippen LogP contribution in [0.25, 0.3) is 16.5 Å². The molecule has 0 radical (unpaired) electrons. The van der Waals surface area contributed by atoms with Gasteiger partial charge in [-0.3, -0.25) is 0 Å². The Labute approximate surface area is 214 Å². The maximum Gasteiger partial charge on any atom is 0.315 e. The van der Waals surface area contributed by atoms with E-state index in [0.717, 1.165) is 53.5 Å². The highest BCUT2D eigenvalue weighted by Crippen LogP contribution is 2.26. The zero-order valence-electron chi connectivity index (χ0n) is 21.8. The second-order valence-electron chi connectivity index (χ2n) is 10.1. The lowest BCUT2D eigenvalue weighted by Gasteiger charge is -2.30. The Balaban J connectivity index is 1.25. The molecule has 1 saturated carbocycles. The molecule has 36 heavy (non-hydrogen) atoms. The van der Waals surface area contributed by atoms with Gasteiger partial charge in [0.15, 0.2) is 0 Å². The highest BCUT2D eigenvalue weighted by atomic mass is 16.2. The average Bonchev–Trinajstić information content (AvgIpc) is 2.88. The van der Waals surface area contributed by atoms with Crippen LogP contribution in [0.3, 0.4) is 0 Å². The van der Waals surface area contributed by atoms with Crippen LogP contribution in [-0.2, 0) is 0 Å². The molecule has 2 aromatic carbocycles. The zero-order valence-corrected chi connectivity index (χ0v) is 21.8. The van der Waals surface area contributed by atoms with Crippen molar-refractivity contribution in [2.75, 3.05) is 30.9 Å². The summed E-state index contributed by atoms with van der Waals surface area (Å²) < 4.78 is 0. The van der Waals surface area contributed by atoms with Crippen molar-refractivity contribution >= 4 is 34.3 Å². The number of benzene rings is 2. The minimum Gasteiger partial charge on any atom is -0.362 e. The topological polar surface area (TPSA) is 82.2 Å². The summed E-state index contributed by atoms with van der Waals surface area (Å²) in [6.07, 6.45) is 3.77.